The van der Waals surface area contributed by atoms with Gasteiger partial charge in [-0.3, -0.25) is 20.2 Å². The summed E-state index contributed by atoms with van der Waals surface area (Å²) in [6, 6.07) is 3.30. The maximum Gasteiger partial charge on any atom is 0.349 e. The lowest BCUT2D eigenvalue weighted by molar-refractivity contribution is -0.422. The van der Waals surface area contributed by atoms with E-state index in [-0.39, 0.29) is 18.2 Å². The highest BCUT2D eigenvalue weighted by molar-refractivity contribution is 5.55. The Hall–Kier alpha value is -3.04. The van der Waals surface area contributed by atoms with Crippen LogP contribution in [0.5, 0.6) is 5.75 Å². The minimum Gasteiger partial charge on any atom is -0.484 e. The Bertz CT molecular complexity index is 739. The first-order valence-corrected chi connectivity index (χ1v) is 6.42. The lowest BCUT2D eigenvalue weighted by Gasteiger charge is -2.03. The number of hydrogen-bond donors (Lipinski definition) is 0. The number of aromatic nitrogens is 2. The van der Waals surface area contributed by atoms with Crippen LogP contribution in [0.15, 0.2) is 22.6 Å². The molecule has 3 rings (SSSR count). The molecule has 1 aromatic heterocycles. The fourth-order valence-electron chi connectivity index (χ4n) is 1.86. The SMILES string of the molecule is O=[N+]([O-])c1ccc(OCc2nnc(C3CC3)o2)cc1[N+](=O)[O-]. The minimum absolute atomic E-state index is 0.0608. The van der Waals surface area contributed by atoms with E-state index < -0.39 is 21.2 Å². The van der Waals surface area contributed by atoms with Crippen LogP contribution in [0.25, 0.3) is 0 Å². The molecule has 0 N–H and O–H groups in total. The molecule has 0 atom stereocenters. The molecule has 0 radical (unpaired) electrons. The highest BCUT2D eigenvalue weighted by atomic mass is 16.6. The second-order valence-corrected chi connectivity index (χ2v) is 4.76. The summed E-state index contributed by atoms with van der Waals surface area (Å²) in [7, 11) is 0. The van der Waals surface area contributed by atoms with Crippen LogP contribution < -0.4 is 4.74 Å². The molecule has 1 heterocycles. The van der Waals surface area contributed by atoms with Gasteiger partial charge in [-0.1, -0.05) is 0 Å². The van der Waals surface area contributed by atoms with E-state index in [4.69, 9.17) is 9.15 Å². The Morgan fingerprint density at radius 1 is 1.18 bits per heavy atom. The highest BCUT2D eigenvalue weighted by Gasteiger charge is 2.29. The summed E-state index contributed by atoms with van der Waals surface area (Å²) in [6.45, 7) is -0.0608. The van der Waals surface area contributed by atoms with Crippen molar-refractivity contribution in [3.05, 3.63) is 50.2 Å². The predicted molar refractivity (Wildman–Crippen MR) is 70.4 cm³/mol. The van der Waals surface area contributed by atoms with Gasteiger partial charge in [0.05, 0.1) is 15.9 Å². The van der Waals surface area contributed by atoms with E-state index in [0.717, 1.165) is 25.0 Å². The highest BCUT2D eigenvalue weighted by Crippen LogP contribution is 2.39. The smallest absolute Gasteiger partial charge is 0.349 e. The number of nitro benzene ring substituents is 2. The van der Waals surface area contributed by atoms with Gasteiger partial charge in [-0.15, -0.1) is 10.2 Å². The monoisotopic (exact) mass is 306 g/mol. The molecule has 0 aliphatic heterocycles. The van der Waals surface area contributed by atoms with Gasteiger partial charge in [0.2, 0.25) is 5.89 Å². The van der Waals surface area contributed by atoms with Crippen molar-refractivity contribution in [2.45, 2.75) is 25.4 Å². The first-order chi connectivity index (χ1) is 10.5. The zero-order valence-corrected chi connectivity index (χ0v) is 11.2. The minimum atomic E-state index is -0.830. The third-order valence-corrected chi connectivity index (χ3v) is 3.11. The zero-order valence-electron chi connectivity index (χ0n) is 11.2. The number of ether oxygens (including phenoxy) is 1. The quantitative estimate of drug-likeness (QED) is 0.586. The number of rotatable bonds is 6. The van der Waals surface area contributed by atoms with Crippen molar-refractivity contribution in [3.8, 4) is 5.75 Å². The van der Waals surface area contributed by atoms with Gasteiger partial charge < -0.3 is 9.15 Å². The summed E-state index contributed by atoms with van der Waals surface area (Å²) in [4.78, 5) is 19.9. The molecule has 0 unspecified atom stereocenters. The molecule has 1 aliphatic rings. The molecule has 10 nitrogen and oxygen atoms in total. The molecule has 22 heavy (non-hydrogen) atoms. The first-order valence-electron chi connectivity index (χ1n) is 6.42. The van der Waals surface area contributed by atoms with Crippen LogP contribution in [0.3, 0.4) is 0 Å². The molecule has 10 heteroatoms. The molecule has 2 aromatic rings. The largest absolute Gasteiger partial charge is 0.484 e. The van der Waals surface area contributed by atoms with Gasteiger partial charge in [-0.05, 0) is 18.9 Å². The van der Waals surface area contributed by atoms with Crippen molar-refractivity contribution >= 4 is 11.4 Å². The molecule has 0 bridgehead atoms. The van der Waals surface area contributed by atoms with E-state index in [9.17, 15) is 20.2 Å². The van der Waals surface area contributed by atoms with Gasteiger partial charge in [0, 0.05) is 12.0 Å². The van der Waals surface area contributed by atoms with E-state index in [1.54, 1.807) is 0 Å². The van der Waals surface area contributed by atoms with Crippen LogP contribution in [0.1, 0.15) is 30.5 Å². The summed E-state index contributed by atoms with van der Waals surface area (Å²) >= 11 is 0. The van der Waals surface area contributed by atoms with Crippen molar-refractivity contribution in [1.82, 2.24) is 10.2 Å². The summed E-state index contributed by atoms with van der Waals surface area (Å²) in [6.07, 6.45) is 2.05. The first kappa shape index (κ1) is 13.9. The van der Waals surface area contributed by atoms with Gasteiger partial charge in [0.1, 0.15) is 5.75 Å². The summed E-state index contributed by atoms with van der Waals surface area (Å²) in [5.74, 6) is 1.25. The molecule has 114 valence electrons. The molecule has 0 saturated heterocycles. The fourth-order valence-corrected chi connectivity index (χ4v) is 1.86. The molecule has 1 aliphatic carbocycles. The average molecular weight is 306 g/mol. The van der Waals surface area contributed by atoms with Crippen LogP contribution in [-0.2, 0) is 6.61 Å². The predicted octanol–water partition coefficient (Wildman–Crippen LogP) is 2.34. The molecular formula is C12H10N4O6. The van der Waals surface area contributed by atoms with Gasteiger partial charge in [0.25, 0.3) is 5.89 Å². The van der Waals surface area contributed by atoms with E-state index in [1.165, 1.54) is 6.07 Å². The normalized spacial score (nSPS) is 13.8. The Labute approximate surface area is 123 Å². The van der Waals surface area contributed by atoms with Crippen LogP contribution in [0.4, 0.5) is 11.4 Å². The summed E-state index contributed by atoms with van der Waals surface area (Å²) in [5, 5.41) is 29.3. The van der Waals surface area contributed by atoms with Gasteiger partial charge in [0.15, 0.2) is 6.61 Å². The van der Waals surface area contributed by atoms with Crippen molar-refractivity contribution in [3.63, 3.8) is 0 Å². The van der Waals surface area contributed by atoms with Crippen LogP contribution in [0.2, 0.25) is 0 Å². The van der Waals surface area contributed by atoms with Crippen molar-refractivity contribution in [2.75, 3.05) is 0 Å². The van der Waals surface area contributed by atoms with Crippen molar-refractivity contribution < 1.29 is 19.0 Å². The molecule has 0 amide bonds. The third kappa shape index (κ3) is 2.85. The Morgan fingerprint density at radius 2 is 1.91 bits per heavy atom. The number of benzene rings is 1. The average Bonchev–Trinajstić information content (AvgIpc) is 3.23. The number of nitro groups is 2. The van der Waals surface area contributed by atoms with Crippen molar-refractivity contribution in [1.29, 1.82) is 0 Å². The van der Waals surface area contributed by atoms with Gasteiger partial charge >= 0.3 is 11.4 Å². The van der Waals surface area contributed by atoms with Crippen LogP contribution in [-0.4, -0.2) is 20.0 Å². The maximum absolute atomic E-state index is 10.8. The Balaban J connectivity index is 1.72. The van der Waals surface area contributed by atoms with E-state index in [0.29, 0.717) is 11.8 Å². The van der Waals surface area contributed by atoms with E-state index in [2.05, 4.69) is 10.2 Å². The fraction of sp³-hybridized carbons (Fsp3) is 0.333. The molecule has 1 fully saturated rings. The Morgan fingerprint density at radius 3 is 2.55 bits per heavy atom. The topological polar surface area (TPSA) is 134 Å². The van der Waals surface area contributed by atoms with Crippen LogP contribution in [0, 0.1) is 20.2 Å². The standard InChI is InChI=1S/C12H10N4O6/c17-15(18)9-4-3-8(5-10(9)16(19)20)21-6-11-13-14-12(22-11)7-1-2-7/h3-5,7H,1-2,6H2. The molecule has 1 aromatic carbocycles. The van der Waals surface area contributed by atoms with Crippen molar-refractivity contribution in [2.24, 2.45) is 0 Å². The van der Waals surface area contributed by atoms with Gasteiger partial charge in [-0.25, -0.2) is 0 Å². The van der Waals surface area contributed by atoms with E-state index >= 15 is 0 Å². The lowest BCUT2D eigenvalue weighted by atomic mass is 10.2. The summed E-state index contributed by atoms with van der Waals surface area (Å²) < 4.78 is 10.7. The molecular weight excluding hydrogens is 296 g/mol. The molecule has 1 saturated carbocycles. The number of nitrogens with zero attached hydrogens (tertiary/aromatic N) is 4. The third-order valence-electron chi connectivity index (χ3n) is 3.11. The van der Waals surface area contributed by atoms with Crippen LogP contribution >= 0.6 is 0 Å². The summed E-state index contributed by atoms with van der Waals surface area (Å²) in [5.41, 5.74) is -1.22. The Kier molecular flexibility index (Phi) is 3.41. The number of hydrogen-bond acceptors (Lipinski definition) is 8. The second kappa shape index (κ2) is 5.39. The van der Waals surface area contributed by atoms with Gasteiger partial charge in [-0.2, -0.15) is 0 Å². The van der Waals surface area contributed by atoms with E-state index in [1.807, 2.05) is 0 Å². The zero-order chi connectivity index (χ0) is 15.7. The second-order valence-electron chi connectivity index (χ2n) is 4.76. The molecule has 0 spiro atoms. The maximum atomic E-state index is 10.8. The lowest BCUT2D eigenvalue weighted by Crippen LogP contribution is -1.99.